The molecule has 0 aliphatic rings. The van der Waals surface area contributed by atoms with E-state index in [1.807, 2.05) is 13.8 Å². The number of allylic oxidation sites excluding steroid dienone is 1. The van der Waals surface area contributed by atoms with E-state index in [1.165, 1.54) is 0 Å². The van der Waals surface area contributed by atoms with Crippen LogP contribution in [0, 0.1) is 5.41 Å². The Kier molecular flexibility index (Phi) is 5.85. The van der Waals surface area contributed by atoms with Gasteiger partial charge in [0.2, 0.25) is 0 Å². The lowest BCUT2D eigenvalue weighted by atomic mass is 10.1. The Labute approximate surface area is 79.7 Å². The van der Waals surface area contributed by atoms with E-state index >= 15 is 0 Å². The average Bonchev–Trinajstić information content (AvgIpc) is 2.11. The third-order valence-electron chi connectivity index (χ3n) is 2.00. The van der Waals surface area contributed by atoms with Crippen LogP contribution in [0.2, 0.25) is 0 Å². The molecule has 0 rings (SSSR count). The molecule has 2 N–H and O–H groups in total. The van der Waals surface area contributed by atoms with E-state index < -0.39 is 0 Å². The summed E-state index contributed by atoms with van der Waals surface area (Å²) >= 11 is 0. The van der Waals surface area contributed by atoms with Gasteiger partial charge in [-0.15, -0.1) is 0 Å². The van der Waals surface area contributed by atoms with Crippen LogP contribution in [0.1, 0.15) is 33.6 Å². The van der Waals surface area contributed by atoms with Gasteiger partial charge in [-0.1, -0.05) is 6.92 Å². The van der Waals surface area contributed by atoms with Gasteiger partial charge in [0.25, 0.3) is 0 Å². The van der Waals surface area contributed by atoms with Crippen LogP contribution in [0.15, 0.2) is 11.8 Å². The zero-order chi connectivity index (χ0) is 10.3. The highest BCUT2D eigenvalue weighted by Gasteiger charge is 2.01. The first kappa shape index (κ1) is 11.9. The highest BCUT2D eigenvalue weighted by Crippen LogP contribution is 1.97. The van der Waals surface area contributed by atoms with Crippen LogP contribution in [0.25, 0.3) is 0 Å². The summed E-state index contributed by atoms with van der Waals surface area (Å²) in [5.41, 5.74) is 1.46. The van der Waals surface area contributed by atoms with Gasteiger partial charge in [0.05, 0.1) is 0 Å². The van der Waals surface area contributed by atoms with E-state index in [9.17, 15) is 4.79 Å². The summed E-state index contributed by atoms with van der Waals surface area (Å²) in [4.78, 5) is 10.2. The van der Waals surface area contributed by atoms with E-state index in [2.05, 4.69) is 5.32 Å². The number of aldehydes is 1. The Hall–Kier alpha value is -1.12. The van der Waals surface area contributed by atoms with E-state index in [-0.39, 0.29) is 6.04 Å². The van der Waals surface area contributed by atoms with Gasteiger partial charge in [0.1, 0.15) is 6.29 Å². The summed E-state index contributed by atoms with van der Waals surface area (Å²) in [7, 11) is 0. The Bertz CT molecular complexity index is 209. The van der Waals surface area contributed by atoms with Crippen molar-refractivity contribution in [2.75, 3.05) is 0 Å². The number of carbonyl (C=O) groups is 1. The van der Waals surface area contributed by atoms with Crippen molar-refractivity contribution >= 4 is 12.0 Å². The summed E-state index contributed by atoms with van der Waals surface area (Å²) in [5, 5.41) is 10.4. The molecule has 0 aliphatic heterocycles. The smallest absolute Gasteiger partial charge is 0.122 e. The molecular weight excluding hydrogens is 164 g/mol. The van der Waals surface area contributed by atoms with Crippen molar-refractivity contribution in [1.29, 1.82) is 5.41 Å². The second-order valence-electron chi connectivity index (χ2n) is 3.13. The van der Waals surface area contributed by atoms with Crippen LogP contribution >= 0.6 is 0 Å². The largest absolute Gasteiger partial charge is 0.387 e. The highest BCUT2D eigenvalue weighted by molar-refractivity contribution is 5.94. The Morgan fingerprint density at radius 3 is 2.54 bits per heavy atom. The summed E-state index contributed by atoms with van der Waals surface area (Å²) in [6.45, 7) is 5.65. The average molecular weight is 182 g/mol. The molecule has 0 aromatic heterocycles. The molecule has 0 amide bonds. The van der Waals surface area contributed by atoms with Crippen molar-refractivity contribution in [3.8, 4) is 0 Å². The number of carbonyl (C=O) groups excluding carboxylic acids is 1. The Morgan fingerprint density at radius 1 is 1.54 bits per heavy atom. The normalized spacial score (nSPS) is 13.6. The first-order valence-electron chi connectivity index (χ1n) is 4.53. The minimum Gasteiger partial charge on any atom is -0.387 e. The summed E-state index contributed by atoms with van der Waals surface area (Å²) in [5.74, 6) is 0. The van der Waals surface area contributed by atoms with Crippen molar-refractivity contribution in [2.45, 2.75) is 39.7 Å². The summed E-state index contributed by atoms with van der Waals surface area (Å²) < 4.78 is 0. The van der Waals surface area contributed by atoms with Crippen molar-refractivity contribution in [1.82, 2.24) is 5.32 Å². The molecule has 0 bridgehead atoms. The van der Waals surface area contributed by atoms with Crippen molar-refractivity contribution < 1.29 is 4.79 Å². The fourth-order valence-corrected chi connectivity index (χ4v) is 0.820. The maximum Gasteiger partial charge on any atom is 0.122 e. The molecule has 3 heteroatoms. The minimum absolute atomic E-state index is 0.201. The molecule has 0 saturated carbocycles. The van der Waals surface area contributed by atoms with Crippen molar-refractivity contribution in [3.05, 3.63) is 11.8 Å². The van der Waals surface area contributed by atoms with Gasteiger partial charge in [0, 0.05) is 24.4 Å². The first-order valence-corrected chi connectivity index (χ1v) is 4.53. The molecule has 0 radical (unpaired) electrons. The van der Waals surface area contributed by atoms with Gasteiger partial charge < -0.3 is 15.5 Å². The lowest BCUT2D eigenvalue weighted by Crippen LogP contribution is -2.24. The minimum atomic E-state index is 0.201. The molecule has 74 valence electrons. The molecule has 1 atom stereocenters. The van der Waals surface area contributed by atoms with E-state index in [0.717, 1.165) is 18.3 Å². The molecule has 0 aromatic rings. The number of rotatable bonds is 6. The van der Waals surface area contributed by atoms with Gasteiger partial charge in [-0.05, 0) is 25.8 Å². The summed E-state index contributed by atoms with van der Waals surface area (Å²) in [6, 6.07) is 0.201. The number of hydrogen-bond donors (Lipinski definition) is 2. The third kappa shape index (κ3) is 5.17. The fraction of sp³-hybridized carbons (Fsp3) is 0.600. The van der Waals surface area contributed by atoms with Crippen LogP contribution in [0.5, 0.6) is 0 Å². The fourth-order valence-electron chi connectivity index (χ4n) is 0.820. The zero-order valence-corrected chi connectivity index (χ0v) is 8.55. The number of nitrogens with one attached hydrogen (secondary N) is 2. The van der Waals surface area contributed by atoms with Crippen LogP contribution in [-0.2, 0) is 4.79 Å². The highest BCUT2D eigenvalue weighted by atomic mass is 16.1. The first-order chi connectivity index (χ1) is 6.11. The summed E-state index contributed by atoms with van der Waals surface area (Å²) in [6.07, 6.45) is 4.17. The second-order valence-corrected chi connectivity index (χ2v) is 3.13. The molecule has 0 heterocycles. The topological polar surface area (TPSA) is 53.0 Å². The van der Waals surface area contributed by atoms with Crippen LogP contribution in [-0.4, -0.2) is 18.0 Å². The third-order valence-corrected chi connectivity index (χ3v) is 2.00. The molecule has 1 unspecified atom stereocenters. The zero-order valence-electron chi connectivity index (χ0n) is 8.55. The molecule has 13 heavy (non-hydrogen) atoms. The predicted octanol–water partition coefficient (Wildman–Crippen LogP) is 1.89. The van der Waals surface area contributed by atoms with E-state index in [0.29, 0.717) is 12.1 Å². The van der Waals surface area contributed by atoms with Crippen molar-refractivity contribution in [3.63, 3.8) is 0 Å². The molecule has 0 aliphatic carbocycles. The lowest BCUT2D eigenvalue weighted by molar-refractivity contribution is -0.108. The van der Waals surface area contributed by atoms with Gasteiger partial charge in [-0.3, -0.25) is 0 Å². The standard InChI is InChI=1S/C10H18N2O/c1-4-10(5-6-13)12-7-8(2)9(3)11/h6-7,10-12H,4-5H2,1-3H3/b8-7+,11-9?. The Morgan fingerprint density at radius 2 is 2.15 bits per heavy atom. The Balaban J connectivity index is 4.02. The SMILES string of the molecule is CCC(CC=O)N/C=C(\C)C(C)=N. The molecule has 3 nitrogen and oxygen atoms in total. The van der Waals surface area contributed by atoms with Crippen LogP contribution in [0.4, 0.5) is 0 Å². The molecule has 0 spiro atoms. The second kappa shape index (κ2) is 6.40. The van der Waals surface area contributed by atoms with Crippen molar-refractivity contribution in [2.24, 2.45) is 0 Å². The predicted molar refractivity (Wildman–Crippen MR) is 55.1 cm³/mol. The maximum absolute atomic E-state index is 10.2. The van der Waals surface area contributed by atoms with Gasteiger partial charge >= 0.3 is 0 Å². The monoisotopic (exact) mass is 182 g/mol. The number of hydrogen-bond acceptors (Lipinski definition) is 3. The quantitative estimate of drug-likeness (QED) is 0.487. The van der Waals surface area contributed by atoms with E-state index in [1.54, 1.807) is 13.1 Å². The van der Waals surface area contributed by atoms with Crippen LogP contribution in [0.3, 0.4) is 0 Å². The molecule has 0 fully saturated rings. The lowest BCUT2D eigenvalue weighted by Gasteiger charge is -2.12. The van der Waals surface area contributed by atoms with Gasteiger partial charge in [-0.25, -0.2) is 0 Å². The molecular formula is C10H18N2O. The van der Waals surface area contributed by atoms with Gasteiger partial charge in [0.15, 0.2) is 0 Å². The van der Waals surface area contributed by atoms with E-state index in [4.69, 9.17) is 5.41 Å². The molecule has 0 saturated heterocycles. The van der Waals surface area contributed by atoms with Gasteiger partial charge in [-0.2, -0.15) is 0 Å². The molecule has 0 aromatic carbocycles. The van der Waals surface area contributed by atoms with Crippen LogP contribution < -0.4 is 5.32 Å². The maximum atomic E-state index is 10.2.